The SMILES string of the molecule is CS(=O)(=O)c1ccc(CNS(=O)(=O)CCN)cc1. The molecular weight excluding hydrogens is 276 g/mol. The van der Waals surface area contributed by atoms with Gasteiger partial charge < -0.3 is 5.73 Å². The van der Waals surface area contributed by atoms with Gasteiger partial charge in [-0.2, -0.15) is 0 Å². The highest BCUT2D eigenvalue weighted by molar-refractivity contribution is 7.90. The molecule has 1 aromatic rings. The number of hydrogen-bond donors (Lipinski definition) is 2. The van der Waals surface area contributed by atoms with Crippen molar-refractivity contribution in [3.8, 4) is 0 Å². The van der Waals surface area contributed by atoms with E-state index in [1.807, 2.05) is 0 Å². The quantitative estimate of drug-likeness (QED) is 0.733. The Kier molecular flexibility index (Phi) is 4.85. The van der Waals surface area contributed by atoms with Crippen molar-refractivity contribution in [3.05, 3.63) is 29.8 Å². The summed E-state index contributed by atoms with van der Waals surface area (Å²) < 4.78 is 47.5. The highest BCUT2D eigenvalue weighted by Crippen LogP contribution is 2.10. The number of sulfone groups is 1. The molecule has 1 rings (SSSR count). The van der Waals surface area contributed by atoms with E-state index in [9.17, 15) is 16.8 Å². The van der Waals surface area contributed by atoms with E-state index in [0.717, 1.165) is 6.26 Å². The van der Waals surface area contributed by atoms with Gasteiger partial charge in [0.05, 0.1) is 10.6 Å². The molecule has 0 bridgehead atoms. The lowest BCUT2D eigenvalue weighted by molar-refractivity contribution is 0.581. The Morgan fingerprint density at radius 3 is 2.11 bits per heavy atom. The molecule has 102 valence electrons. The molecule has 8 heteroatoms. The first-order chi connectivity index (χ1) is 8.24. The number of sulfonamides is 1. The predicted octanol–water partition coefficient (Wildman–Crippen LogP) is -0.532. The molecule has 0 amide bonds. The van der Waals surface area contributed by atoms with Gasteiger partial charge in [0.1, 0.15) is 0 Å². The molecule has 0 saturated heterocycles. The van der Waals surface area contributed by atoms with Gasteiger partial charge in [-0.15, -0.1) is 0 Å². The van der Waals surface area contributed by atoms with Crippen molar-refractivity contribution < 1.29 is 16.8 Å². The summed E-state index contributed by atoms with van der Waals surface area (Å²) in [6, 6.07) is 6.03. The van der Waals surface area contributed by atoms with Crippen LogP contribution in [0.15, 0.2) is 29.2 Å². The van der Waals surface area contributed by atoms with Crippen LogP contribution < -0.4 is 10.5 Å². The van der Waals surface area contributed by atoms with Crippen LogP contribution >= 0.6 is 0 Å². The Balaban J connectivity index is 2.71. The first-order valence-electron chi connectivity index (χ1n) is 5.21. The van der Waals surface area contributed by atoms with Crippen LogP contribution in [0.25, 0.3) is 0 Å². The lowest BCUT2D eigenvalue weighted by Gasteiger charge is -2.06. The molecule has 0 heterocycles. The van der Waals surface area contributed by atoms with E-state index in [2.05, 4.69) is 4.72 Å². The van der Waals surface area contributed by atoms with E-state index in [-0.39, 0.29) is 23.7 Å². The monoisotopic (exact) mass is 292 g/mol. The molecule has 0 aliphatic rings. The number of rotatable bonds is 6. The zero-order chi connectivity index (χ0) is 13.8. The van der Waals surface area contributed by atoms with E-state index in [1.165, 1.54) is 12.1 Å². The van der Waals surface area contributed by atoms with Gasteiger partial charge in [-0.3, -0.25) is 0 Å². The fourth-order valence-electron chi connectivity index (χ4n) is 1.28. The molecule has 0 aliphatic heterocycles. The third-order valence-corrected chi connectivity index (χ3v) is 4.72. The standard InChI is InChI=1S/C10H16N2O4S2/c1-17(13,14)10-4-2-9(3-5-10)8-12-18(15,16)7-6-11/h2-5,12H,6-8,11H2,1H3. The number of nitrogens with one attached hydrogen (secondary N) is 1. The summed E-state index contributed by atoms with van der Waals surface area (Å²) in [5, 5.41) is 0. The molecule has 0 unspecified atom stereocenters. The van der Waals surface area contributed by atoms with Crippen molar-refractivity contribution in [2.45, 2.75) is 11.4 Å². The molecular formula is C10H16N2O4S2. The third kappa shape index (κ3) is 4.73. The van der Waals surface area contributed by atoms with Crippen LogP contribution in [0.1, 0.15) is 5.56 Å². The first kappa shape index (κ1) is 15.1. The van der Waals surface area contributed by atoms with Crippen molar-refractivity contribution >= 4 is 19.9 Å². The topological polar surface area (TPSA) is 106 Å². The lowest BCUT2D eigenvalue weighted by Crippen LogP contribution is -2.29. The predicted molar refractivity (Wildman–Crippen MR) is 69.2 cm³/mol. The molecule has 0 fully saturated rings. The minimum Gasteiger partial charge on any atom is -0.329 e. The molecule has 0 spiro atoms. The number of nitrogens with two attached hydrogens (primary N) is 1. The summed E-state index contributed by atoms with van der Waals surface area (Å²) in [4.78, 5) is 0.205. The van der Waals surface area contributed by atoms with Crippen LogP contribution in [0.3, 0.4) is 0 Å². The number of benzene rings is 1. The van der Waals surface area contributed by atoms with Crippen molar-refractivity contribution in [1.29, 1.82) is 0 Å². The van der Waals surface area contributed by atoms with Crippen molar-refractivity contribution in [3.63, 3.8) is 0 Å². The summed E-state index contributed by atoms with van der Waals surface area (Å²) in [7, 11) is -6.59. The van der Waals surface area contributed by atoms with E-state index >= 15 is 0 Å². The van der Waals surface area contributed by atoms with Crippen molar-refractivity contribution in [2.24, 2.45) is 5.73 Å². The Morgan fingerprint density at radius 2 is 1.67 bits per heavy atom. The van der Waals surface area contributed by atoms with Crippen LogP contribution in [0, 0.1) is 0 Å². The smallest absolute Gasteiger partial charge is 0.213 e. The van der Waals surface area contributed by atoms with E-state index in [1.54, 1.807) is 12.1 Å². The highest BCUT2D eigenvalue weighted by atomic mass is 32.2. The van der Waals surface area contributed by atoms with Gasteiger partial charge in [-0.05, 0) is 17.7 Å². The molecule has 6 nitrogen and oxygen atoms in total. The third-order valence-electron chi connectivity index (χ3n) is 2.23. The average Bonchev–Trinajstić information content (AvgIpc) is 2.26. The summed E-state index contributed by atoms with van der Waals surface area (Å²) in [6.45, 7) is 0.175. The van der Waals surface area contributed by atoms with Crippen LogP contribution in [0.2, 0.25) is 0 Å². The van der Waals surface area contributed by atoms with Crippen LogP contribution in [-0.2, 0) is 26.4 Å². The second-order valence-corrected chi connectivity index (χ2v) is 7.79. The van der Waals surface area contributed by atoms with Crippen LogP contribution in [0.5, 0.6) is 0 Å². The highest BCUT2D eigenvalue weighted by Gasteiger charge is 2.09. The second-order valence-electron chi connectivity index (χ2n) is 3.84. The summed E-state index contributed by atoms with van der Waals surface area (Å²) >= 11 is 0. The Labute approximate surface area is 107 Å². The molecule has 3 N–H and O–H groups in total. The van der Waals surface area contributed by atoms with E-state index in [0.29, 0.717) is 5.56 Å². The first-order valence-corrected chi connectivity index (χ1v) is 8.75. The van der Waals surface area contributed by atoms with Gasteiger partial charge in [-0.1, -0.05) is 12.1 Å². The molecule has 1 aromatic carbocycles. The van der Waals surface area contributed by atoms with Crippen LogP contribution in [0.4, 0.5) is 0 Å². The molecule has 0 radical (unpaired) electrons. The summed E-state index contributed by atoms with van der Waals surface area (Å²) in [5.41, 5.74) is 5.85. The van der Waals surface area contributed by atoms with E-state index in [4.69, 9.17) is 5.73 Å². The Hall–Kier alpha value is -0.960. The zero-order valence-corrected chi connectivity index (χ0v) is 11.6. The molecule has 18 heavy (non-hydrogen) atoms. The van der Waals surface area contributed by atoms with Crippen molar-refractivity contribution in [1.82, 2.24) is 4.72 Å². The largest absolute Gasteiger partial charge is 0.329 e. The fraction of sp³-hybridized carbons (Fsp3) is 0.400. The maximum Gasteiger partial charge on any atom is 0.213 e. The maximum atomic E-state index is 11.3. The van der Waals surface area contributed by atoms with Crippen molar-refractivity contribution in [2.75, 3.05) is 18.6 Å². The normalized spacial score (nSPS) is 12.6. The number of hydrogen-bond acceptors (Lipinski definition) is 5. The molecule has 0 saturated carbocycles. The molecule has 0 atom stereocenters. The summed E-state index contributed by atoms with van der Waals surface area (Å²) in [6.07, 6.45) is 1.12. The molecule has 0 aromatic heterocycles. The average molecular weight is 292 g/mol. The van der Waals surface area contributed by atoms with E-state index < -0.39 is 19.9 Å². The van der Waals surface area contributed by atoms with Gasteiger partial charge in [-0.25, -0.2) is 21.6 Å². The van der Waals surface area contributed by atoms with Crippen LogP contribution in [-0.4, -0.2) is 35.4 Å². The second kappa shape index (κ2) is 5.79. The maximum absolute atomic E-state index is 11.3. The van der Waals surface area contributed by atoms with Gasteiger partial charge >= 0.3 is 0 Å². The summed E-state index contributed by atoms with van der Waals surface area (Å²) in [5.74, 6) is -0.131. The zero-order valence-electron chi connectivity index (χ0n) is 9.96. The lowest BCUT2D eigenvalue weighted by atomic mass is 10.2. The van der Waals surface area contributed by atoms with Gasteiger partial charge in [0.2, 0.25) is 10.0 Å². The van der Waals surface area contributed by atoms with Gasteiger partial charge in [0, 0.05) is 19.3 Å². The van der Waals surface area contributed by atoms with Gasteiger partial charge in [0.15, 0.2) is 9.84 Å². The fourth-order valence-corrected chi connectivity index (χ4v) is 2.75. The Bertz CT molecular complexity index is 591. The molecule has 0 aliphatic carbocycles. The Morgan fingerprint density at radius 1 is 1.11 bits per heavy atom. The van der Waals surface area contributed by atoms with Gasteiger partial charge in [0.25, 0.3) is 0 Å². The minimum absolute atomic E-state index is 0.0579. The minimum atomic E-state index is -3.36.